The third-order valence-corrected chi connectivity index (χ3v) is 5.04. The Labute approximate surface area is 156 Å². The van der Waals surface area contributed by atoms with Crippen LogP contribution in [0.4, 0.5) is 0 Å². The first-order chi connectivity index (χ1) is 12.8. The maximum Gasteiger partial charge on any atom is 0.191 e. The third-order valence-electron chi connectivity index (χ3n) is 5.04. The lowest BCUT2D eigenvalue weighted by atomic mass is 9.89. The number of ether oxygens (including phenoxy) is 1. The van der Waals surface area contributed by atoms with Gasteiger partial charge in [0.25, 0.3) is 0 Å². The highest BCUT2D eigenvalue weighted by Crippen LogP contribution is 2.33. The lowest BCUT2D eigenvalue weighted by Gasteiger charge is -2.32. The fourth-order valence-electron chi connectivity index (χ4n) is 3.50. The zero-order valence-electron chi connectivity index (χ0n) is 15.7. The van der Waals surface area contributed by atoms with Crippen LogP contribution in [0.2, 0.25) is 0 Å². The summed E-state index contributed by atoms with van der Waals surface area (Å²) in [4.78, 5) is 4.37. The van der Waals surface area contributed by atoms with Crippen LogP contribution < -0.4 is 10.6 Å². The van der Waals surface area contributed by atoms with Crippen molar-refractivity contribution in [2.24, 2.45) is 10.9 Å². The van der Waals surface area contributed by atoms with Gasteiger partial charge in [-0.1, -0.05) is 54.6 Å². The largest absolute Gasteiger partial charge is 0.373 e. The number of benzene rings is 2. The van der Waals surface area contributed by atoms with Crippen LogP contribution in [0.5, 0.6) is 0 Å². The number of nitrogens with zero attached hydrogens (tertiary/aromatic N) is 1. The van der Waals surface area contributed by atoms with E-state index >= 15 is 0 Å². The summed E-state index contributed by atoms with van der Waals surface area (Å²) in [5, 5.41) is 6.91. The quantitative estimate of drug-likeness (QED) is 0.636. The van der Waals surface area contributed by atoms with E-state index in [9.17, 15) is 0 Å². The normalized spacial score (nSPS) is 20.6. The van der Waals surface area contributed by atoms with Gasteiger partial charge in [-0.05, 0) is 36.5 Å². The smallest absolute Gasteiger partial charge is 0.191 e. The number of guanidine groups is 1. The Balaban J connectivity index is 1.56. The molecule has 0 spiro atoms. The maximum absolute atomic E-state index is 6.09. The fourth-order valence-corrected chi connectivity index (χ4v) is 3.50. The fraction of sp³-hybridized carbons (Fsp3) is 0.409. The van der Waals surface area contributed by atoms with E-state index in [1.54, 1.807) is 0 Å². The van der Waals surface area contributed by atoms with Crippen LogP contribution in [0.1, 0.15) is 35.6 Å². The average Bonchev–Trinajstić information content (AvgIpc) is 2.70. The van der Waals surface area contributed by atoms with E-state index in [0.29, 0.717) is 5.92 Å². The topological polar surface area (TPSA) is 45.7 Å². The van der Waals surface area contributed by atoms with Crippen LogP contribution in [-0.4, -0.2) is 26.2 Å². The predicted octanol–water partition coefficient (Wildman–Crippen LogP) is 3.83. The molecule has 1 heterocycles. The van der Waals surface area contributed by atoms with Gasteiger partial charge < -0.3 is 15.4 Å². The minimum atomic E-state index is 0.159. The van der Waals surface area contributed by atoms with Crippen LogP contribution in [0.25, 0.3) is 0 Å². The second-order valence-corrected chi connectivity index (χ2v) is 6.84. The summed E-state index contributed by atoms with van der Waals surface area (Å²) < 4.78 is 6.09. The van der Waals surface area contributed by atoms with Gasteiger partial charge >= 0.3 is 0 Å². The lowest BCUT2D eigenvalue weighted by Crippen LogP contribution is -2.41. The van der Waals surface area contributed by atoms with E-state index in [4.69, 9.17) is 4.74 Å². The summed E-state index contributed by atoms with van der Waals surface area (Å²) in [7, 11) is 1.82. The van der Waals surface area contributed by atoms with Crippen molar-refractivity contribution in [3.05, 3.63) is 71.3 Å². The molecule has 26 heavy (non-hydrogen) atoms. The molecule has 1 saturated heterocycles. The molecule has 2 aromatic carbocycles. The van der Waals surface area contributed by atoms with Crippen molar-refractivity contribution < 1.29 is 4.74 Å². The molecule has 0 saturated carbocycles. The Kier molecular flexibility index (Phi) is 6.67. The summed E-state index contributed by atoms with van der Waals surface area (Å²) in [6, 6.07) is 19.0. The summed E-state index contributed by atoms with van der Waals surface area (Å²) in [5.41, 5.74) is 3.85. The highest BCUT2D eigenvalue weighted by atomic mass is 16.5. The number of hydrogen-bond donors (Lipinski definition) is 2. The molecule has 2 unspecified atom stereocenters. The second-order valence-electron chi connectivity index (χ2n) is 6.84. The van der Waals surface area contributed by atoms with Gasteiger partial charge in [-0.15, -0.1) is 0 Å². The molecule has 0 amide bonds. The molecular formula is C22H29N3O. The first kappa shape index (κ1) is 18.5. The second kappa shape index (κ2) is 9.39. The first-order valence-corrected chi connectivity index (χ1v) is 9.43. The Morgan fingerprint density at radius 1 is 1.08 bits per heavy atom. The lowest BCUT2D eigenvalue weighted by molar-refractivity contribution is -0.0265. The van der Waals surface area contributed by atoms with Gasteiger partial charge in [0.1, 0.15) is 0 Å². The van der Waals surface area contributed by atoms with E-state index in [2.05, 4.69) is 77.1 Å². The molecule has 2 atom stereocenters. The molecule has 0 radical (unpaired) electrons. The monoisotopic (exact) mass is 351 g/mol. The average molecular weight is 351 g/mol. The van der Waals surface area contributed by atoms with E-state index in [1.807, 2.05) is 7.05 Å². The standard InChI is InChI=1S/C22H29N3O/c1-17-9-6-7-12-19(17)15-24-22(23-2)25-16-20-13-8-14-26-21(20)18-10-4-3-5-11-18/h3-7,9-12,20-21H,8,13-16H2,1-2H3,(H2,23,24,25). The van der Waals surface area contributed by atoms with Crippen molar-refractivity contribution >= 4 is 5.96 Å². The van der Waals surface area contributed by atoms with Gasteiger partial charge in [0.15, 0.2) is 5.96 Å². The zero-order chi connectivity index (χ0) is 18.2. The van der Waals surface area contributed by atoms with Crippen molar-refractivity contribution in [2.75, 3.05) is 20.2 Å². The van der Waals surface area contributed by atoms with Crippen LogP contribution >= 0.6 is 0 Å². The zero-order valence-corrected chi connectivity index (χ0v) is 15.7. The molecule has 1 fully saturated rings. The highest BCUT2D eigenvalue weighted by Gasteiger charge is 2.27. The van der Waals surface area contributed by atoms with Gasteiger partial charge in [0, 0.05) is 32.7 Å². The minimum Gasteiger partial charge on any atom is -0.373 e. The van der Waals surface area contributed by atoms with Gasteiger partial charge in [-0.3, -0.25) is 4.99 Å². The van der Waals surface area contributed by atoms with Gasteiger partial charge in [-0.2, -0.15) is 0 Å². The molecule has 2 N–H and O–H groups in total. The SMILES string of the molecule is CN=C(NCc1ccccc1C)NCC1CCCOC1c1ccccc1. The summed E-state index contributed by atoms with van der Waals surface area (Å²) >= 11 is 0. The van der Waals surface area contributed by atoms with Gasteiger partial charge in [-0.25, -0.2) is 0 Å². The molecular weight excluding hydrogens is 322 g/mol. The van der Waals surface area contributed by atoms with E-state index < -0.39 is 0 Å². The molecule has 4 nitrogen and oxygen atoms in total. The van der Waals surface area contributed by atoms with E-state index in [1.165, 1.54) is 23.1 Å². The van der Waals surface area contributed by atoms with Gasteiger partial charge in [0.2, 0.25) is 0 Å². The number of aliphatic imine (C=N–C) groups is 1. The molecule has 3 rings (SSSR count). The highest BCUT2D eigenvalue weighted by molar-refractivity contribution is 5.79. The predicted molar refractivity (Wildman–Crippen MR) is 107 cm³/mol. The van der Waals surface area contributed by atoms with Crippen LogP contribution in [0.3, 0.4) is 0 Å². The molecule has 138 valence electrons. The van der Waals surface area contributed by atoms with Crippen LogP contribution in [0, 0.1) is 12.8 Å². The molecule has 0 aliphatic carbocycles. The molecule has 0 aromatic heterocycles. The van der Waals surface area contributed by atoms with E-state index in [-0.39, 0.29) is 6.10 Å². The number of nitrogens with one attached hydrogen (secondary N) is 2. The van der Waals surface area contributed by atoms with Crippen LogP contribution in [-0.2, 0) is 11.3 Å². The molecule has 1 aliphatic rings. The summed E-state index contributed by atoms with van der Waals surface area (Å²) in [6.07, 6.45) is 2.44. The Morgan fingerprint density at radius 3 is 2.62 bits per heavy atom. The van der Waals surface area contributed by atoms with Gasteiger partial charge in [0.05, 0.1) is 6.10 Å². The maximum atomic E-state index is 6.09. The molecule has 0 bridgehead atoms. The first-order valence-electron chi connectivity index (χ1n) is 9.43. The van der Waals surface area contributed by atoms with Crippen molar-refractivity contribution in [3.8, 4) is 0 Å². The summed E-state index contributed by atoms with van der Waals surface area (Å²) in [6.45, 7) is 4.61. The minimum absolute atomic E-state index is 0.159. The number of aryl methyl sites for hydroxylation is 1. The molecule has 1 aliphatic heterocycles. The van der Waals surface area contributed by atoms with E-state index in [0.717, 1.165) is 32.1 Å². The third kappa shape index (κ3) is 4.85. The Hall–Kier alpha value is -2.33. The Morgan fingerprint density at radius 2 is 1.85 bits per heavy atom. The molecule has 4 heteroatoms. The van der Waals surface area contributed by atoms with Crippen molar-refractivity contribution in [2.45, 2.75) is 32.4 Å². The van der Waals surface area contributed by atoms with Crippen molar-refractivity contribution in [3.63, 3.8) is 0 Å². The molecule has 2 aromatic rings. The van der Waals surface area contributed by atoms with Crippen molar-refractivity contribution in [1.82, 2.24) is 10.6 Å². The summed E-state index contributed by atoms with van der Waals surface area (Å²) in [5.74, 6) is 1.29. The number of hydrogen-bond acceptors (Lipinski definition) is 2. The van der Waals surface area contributed by atoms with Crippen LogP contribution in [0.15, 0.2) is 59.6 Å². The van der Waals surface area contributed by atoms with Crippen molar-refractivity contribution in [1.29, 1.82) is 0 Å². The Bertz CT molecular complexity index is 714. The number of rotatable bonds is 5.